The molecule has 2 aromatic rings. The summed E-state index contributed by atoms with van der Waals surface area (Å²) >= 11 is 0. The summed E-state index contributed by atoms with van der Waals surface area (Å²) in [6, 6.07) is 8.10. The number of pyridine rings is 1. The van der Waals surface area contributed by atoms with Gasteiger partial charge in [-0.3, -0.25) is 4.98 Å². The monoisotopic (exact) mass is 244 g/mol. The fourth-order valence-electron chi connectivity index (χ4n) is 1.93. The van der Waals surface area contributed by atoms with Crippen LogP contribution in [0.4, 0.5) is 5.69 Å². The molecule has 3 nitrogen and oxygen atoms in total. The zero-order valence-corrected chi connectivity index (χ0v) is 11.1. The van der Waals surface area contributed by atoms with Gasteiger partial charge in [0.15, 0.2) is 0 Å². The molecular formula is C15H20N2O. The van der Waals surface area contributed by atoms with E-state index in [1.54, 1.807) is 0 Å². The van der Waals surface area contributed by atoms with E-state index in [2.05, 4.69) is 36.3 Å². The van der Waals surface area contributed by atoms with Crippen molar-refractivity contribution < 1.29 is 4.74 Å². The van der Waals surface area contributed by atoms with E-state index in [1.807, 2.05) is 18.3 Å². The Kier molecular flexibility index (Phi) is 4.40. The van der Waals surface area contributed by atoms with Crippen LogP contribution in [0.3, 0.4) is 0 Å². The SMILES string of the molecule is CCCCOc1ccc(NCC)c2cccnc12. The van der Waals surface area contributed by atoms with Gasteiger partial charge in [-0.1, -0.05) is 13.3 Å². The van der Waals surface area contributed by atoms with Crippen LogP contribution in [-0.4, -0.2) is 18.1 Å². The Labute approximate surface area is 108 Å². The molecule has 0 atom stereocenters. The first kappa shape index (κ1) is 12.7. The molecule has 0 spiro atoms. The fourth-order valence-corrected chi connectivity index (χ4v) is 1.93. The first-order chi connectivity index (χ1) is 8.86. The molecule has 1 aromatic carbocycles. The molecule has 3 heteroatoms. The van der Waals surface area contributed by atoms with Gasteiger partial charge in [0.1, 0.15) is 11.3 Å². The number of anilines is 1. The Morgan fingerprint density at radius 1 is 1.22 bits per heavy atom. The maximum atomic E-state index is 5.80. The molecule has 0 fully saturated rings. The molecule has 0 aliphatic rings. The summed E-state index contributed by atoms with van der Waals surface area (Å²) in [6.07, 6.45) is 4.02. The number of aromatic nitrogens is 1. The van der Waals surface area contributed by atoms with Gasteiger partial charge in [-0.15, -0.1) is 0 Å². The fraction of sp³-hybridized carbons (Fsp3) is 0.400. The first-order valence-electron chi connectivity index (χ1n) is 6.61. The molecule has 1 heterocycles. The average Bonchev–Trinajstić information content (AvgIpc) is 2.41. The zero-order chi connectivity index (χ0) is 12.8. The third kappa shape index (κ3) is 2.73. The van der Waals surface area contributed by atoms with E-state index < -0.39 is 0 Å². The average molecular weight is 244 g/mol. The summed E-state index contributed by atoms with van der Waals surface area (Å²) in [6.45, 7) is 5.91. The number of ether oxygens (including phenoxy) is 1. The molecule has 0 aliphatic carbocycles. The largest absolute Gasteiger partial charge is 0.491 e. The van der Waals surface area contributed by atoms with Crippen LogP contribution < -0.4 is 10.1 Å². The van der Waals surface area contributed by atoms with Crippen molar-refractivity contribution >= 4 is 16.6 Å². The van der Waals surface area contributed by atoms with Gasteiger partial charge in [0.2, 0.25) is 0 Å². The molecule has 0 saturated heterocycles. The highest BCUT2D eigenvalue weighted by Gasteiger charge is 2.07. The van der Waals surface area contributed by atoms with E-state index in [1.165, 1.54) is 0 Å². The van der Waals surface area contributed by atoms with Gasteiger partial charge in [0.25, 0.3) is 0 Å². The lowest BCUT2D eigenvalue weighted by Crippen LogP contribution is -2.01. The Hall–Kier alpha value is -1.77. The molecule has 0 aliphatic heterocycles. The minimum atomic E-state index is 0.753. The third-order valence-electron chi connectivity index (χ3n) is 2.86. The Morgan fingerprint density at radius 3 is 2.89 bits per heavy atom. The van der Waals surface area contributed by atoms with E-state index >= 15 is 0 Å². The van der Waals surface area contributed by atoms with Crippen LogP contribution in [-0.2, 0) is 0 Å². The normalized spacial score (nSPS) is 10.6. The van der Waals surface area contributed by atoms with Crippen molar-refractivity contribution in [2.24, 2.45) is 0 Å². The van der Waals surface area contributed by atoms with E-state index in [0.29, 0.717) is 0 Å². The molecular weight excluding hydrogens is 224 g/mol. The minimum Gasteiger partial charge on any atom is -0.491 e. The lowest BCUT2D eigenvalue weighted by Gasteiger charge is -2.12. The van der Waals surface area contributed by atoms with Crippen LogP contribution in [0.2, 0.25) is 0 Å². The van der Waals surface area contributed by atoms with E-state index in [0.717, 1.165) is 48.3 Å². The first-order valence-corrected chi connectivity index (χ1v) is 6.61. The van der Waals surface area contributed by atoms with Crippen molar-refractivity contribution in [2.45, 2.75) is 26.7 Å². The number of nitrogens with zero attached hydrogens (tertiary/aromatic N) is 1. The zero-order valence-electron chi connectivity index (χ0n) is 11.1. The van der Waals surface area contributed by atoms with Gasteiger partial charge >= 0.3 is 0 Å². The van der Waals surface area contributed by atoms with Crippen LogP contribution in [0, 0.1) is 0 Å². The number of nitrogens with one attached hydrogen (secondary N) is 1. The predicted octanol–water partition coefficient (Wildman–Crippen LogP) is 3.85. The molecule has 0 amide bonds. The number of hydrogen-bond acceptors (Lipinski definition) is 3. The molecule has 0 saturated carbocycles. The quantitative estimate of drug-likeness (QED) is 0.784. The maximum absolute atomic E-state index is 5.80. The number of rotatable bonds is 6. The summed E-state index contributed by atoms with van der Waals surface area (Å²) in [5.41, 5.74) is 2.05. The van der Waals surface area contributed by atoms with E-state index in [9.17, 15) is 0 Å². The summed E-state index contributed by atoms with van der Waals surface area (Å²) in [7, 11) is 0. The molecule has 2 rings (SSSR count). The van der Waals surface area contributed by atoms with Crippen LogP contribution in [0.1, 0.15) is 26.7 Å². The second-order valence-electron chi connectivity index (χ2n) is 4.24. The Bertz CT molecular complexity index is 511. The third-order valence-corrected chi connectivity index (χ3v) is 2.86. The van der Waals surface area contributed by atoms with E-state index in [4.69, 9.17) is 4.74 Å². The molecule has 0 bridgehead atoms. The van der Waals surface area contributed by atoms with Gasteiger partial charge in [-0.05, 0) is 37.6 Å². The van der Waals surface area contributed by atoms with Gasteiger partial charge in [0.05, 0.1) is 6.61 Å². The molecule has 1 N–H and O–H groups in total. The van der Waals surface area contributed by atoms with Crippen molar-refractivity contribution in [1.82, 2.24) is 4.98 Å². The maximum Gasteiger partial charge on any atom is 0.145 e. The highest BCUT2D eigenvalue weighted by Crippen LogP contribution is 2.29. The van der Waals surface area contributed by atoms with Crippen molar-refractivity contribution in [3.63, 3.8) is 0 Å². The summed E-state index contributed by atoms with van der Waals surface area (Å²) in [4.78, 5) is 4.44. The number of unbranched alkanes of at least 4 members (excludes halogenated alkanes) is 1. The second kappa shape index (κ2) is 6.24. The molecule has 0 radical (unpaired) electrons. The standard InChI is InChI=1S/C15H20N2O/c1-3-5-11-18-14-9-8-13(16-4-2)12-7-6-10-17-15(12)14/h6-10,16H,3-5,11H2,1-2H3. The lowest BCUT2D eigenvalue weighted by molar-refractivity contribution is 0.312. The predicted molar refractivity (Wildman–Crippen MR) is 76.3 cm³/mol. The molecule has 0 unspecified atom stereocenters. The molecule has 18 heavy (non-hydrogen) atoms. The smallest absolute Gasteiger partial charge is 0.145 e. The van der Waals surface area contributed by atoms with Crippen LogP contribution in [0.15, 0.2) is 30.5 Å². The minimum absolute atomic E-state index is 0.753. The van der Waals surface area contributed by atoms with Gasteiger partial charge in [-0.25, -0.2) is 0 Å². The van der Waals surface area contributed by atoms with Gasteiger partial charge in [0, 0.05) is 23.8 Å². The highest BCUT2D eigenvalue weighted by atomic mass is 16.5. The number of hydrogen-bond donors (Lipinski definition) is 1. The summed E-state index contributed by atoms with van der Waals surface area (Å²) < 4.78 is 5.80. The summed E-state index contributed by atoms with van der Waals surface area (Å²) in [5.74, 6) is 0.876. The van der Waals surface area contributed by atoms with Crippen LogP contribution >= 0.6 is 0 Å². The number of fused-ring (bicyclic) bond motifs is 1. The van der Waals surface area contributed by atoms with Crippen LogP contribution in [0.5, 0.6) is 5.75 Å². The molecule has 1 aromatic heterocycles. The second-order valence-corrected chi connectivity index (χ2v) is 4.24. The summed E-state index contributed by atoms with van der Waals surface area (Å²) in [5, 5.41) is 4.47. The van der Waals surface area contributed by atoms with Crippen molar-refractivity contribution in [1.29, 1.82) is 0 Å². The Morgan fingerprint density at radius 2 is 2.11 bits per heavy atom. The van der Waals surface area contributed by atoms with Gasteiger partial charge in [-0.2, -0.15) is 0 Å². The van der Waals surface area contributed by atoms with Crippen molar-refractivity contribution in [3.8, 4) is 5.75 Å². The Balaban J connectivity index is 2.34. The van der Waals surface area contributed by atoms with Gasteiger partial charge < -0.3 is 10.1 Å². The number of benzene rings is 1. The van der Waals surface area contributed by atoms with Crippen LogP contribution in [0.25, 0.3) is 10.9 Å². The lowest BCUT2D eigenvalue weighted by atomic mass is 10.1. The highest BCUT2D eigenvalue weighted by molar-refractivity contribution is 5.95. The van der Waals surface area contributed by atoms with E-state index in [-0.39, 0.29) is 0 Å². The van der Waals surface area contributed by atoms with Crippen molar-refractivity contribution in [3.05, 3.63) is 30.5 Å². The van der Waals surface area contributed by atoms with Crippen molar-refractivity contribution in [2.75, 3.05) is 18.5 Å². The molecule has 96 valence electrons. The topological polar surface area (TPSA) is 34.1 Å².